The molecule has 11 heteroatoms. The van der Waals surface area contributed by atoms with Gasteiger partial charge in [-0.1, -0.05) is 18.2 Å². The molecular formula is C15H22IN5O4S. The van der Waals surface area contributed by atoms with Crippen LogP contribution in [0.4, 0.5) is 5.69 Å². The molecule has 0 saturated carbocycles. The van der Waals surface area contributed by atoms with Crippen LogP contribution in [-0.4, -0.2) is 45.5 Å². The van der Waals surface area contributed by atoms with Gasteiger partial charge in [0.2, 0.25) is 10.0 Å². The van der Waals surface area contributed by atoms with Crippen LogP contribution < -0.4 is 15.4 Å². The first-order chi connectivity index (χ1) is 11.9. The summed E-state index contributed by atoms with van der Waals surface area (Å²) in [7, 11) is -2.16. The van der Waals surface area contributed by atoms with Gasteiger partial charge in [-0.2, -0.15) is 0 Å². The predicted molar refractivity (Wildman–Crippen MR) is 110 cm³/mol. The van der Waals surface area contributed by atoms with E-state index in [1.54, 1.807) is 7.05 Å². The average Bonchev–Trinajstić information content (AvgIpc) is 3.10. The van der Waals surface area contributed by atoms with E-state index in [0.29, 0.717) is 18.5 Å². The van der Waals surface area contributed by atoms with Crippen molar-refractivity contribution in [2.45, 2.75) is 23.8 Å². The van der Waals surface area contributed by atoms with Crippen LogP contribution in [0.1, 0.15) is 12.8 Å². The summed E-state index contributed by atoms with van der Waals surface area (Å²) in [5.41, 5.74) is -0.268. The fraction of sp³-hybridized carbons (Fsp3) is 0.400. The van der Waals surface area contributed by atoms with E-state index in [0.717, 1.165) is 18.9 Å². The molecule has 26 heavy (non-hydrogen) atoms. The molecule has 0 atom stereocenters. The standard InChI is InChI=1S/C15H21N5O4S.HI/c1-16-15(19-12-5-2-3-6-12)17-9-10-18-25(23,24)14-8-4-7-13(11-14)20(21)22;/h2-4,7-8,11-12,18H,5-6,9-10H2,1H3,(H2,16,17,19);1H. The molecule has 1 aromatic rings. The van der Waals surface area contributed by atoms with Crippen LogP contribution in [0.2, 0.25) is 0 Å². The number of nitro groups is 1. The zero-order chi connectivity index (χ0) is 18.3. The molecule has 0 radical (unpaired) electrons. The third-order valence-electron chi connectivity index (χ3n) is 3.62. The number of hydrogen-bond acceptors (Lipinski definition) is 5. The molecule has 144 valence electrons. The molecule has 9 nitrogen and oxygen atoms in total. The number of rotatable bonds is 7. The average molecular weight is 495 g/mol. The van der Waals surface area contributed by atoms with E-state index in [9.17, 15) is 18.5 Å². The van der Waals surface area contributed by atoms with Crippen molar-refractivity contribution in [2.75, 3.05) is 20.1 Å². The summed E-state index contributed by atoms with van der Waals surface area (Å²) in [5.74, 6) is 0.600. The second-order valence-electron chi connectivity index (χ2n) is 5.44. The molecule has 0 aromatic heterocycles. The number of aliphatic imine (C=N–C) groups is 1. The van der Waals surface area contributed by atoms with E-state index in [4.69, 9.17) is 0 Å². The second-order valence-corrected chi connectivity index (χ2v) is 7.20. The monoisotopic (exact) mass is 495 g/mol. The molecule has 1 aliphatic rings. The highest BCUT2D eigenvalue weighted by Crippen LogP contribution is 2.16. The Balaban J connectivity index is 0.00000338. The van der Waals surface area contributed by atoms with Gasteiger partial charge >= 0.3 is 0 Å². The van der Waals surface area contributed by atoms with Gasteiger partial charge < -0.3 is 10.6 Å². The highest BCUT2D eigenvalue weighted by Gasteiger charge is 2.17. The van der Waals surface area contributed by atoms with Crippen molar-refractivity contribution < 1.29 is 13.3 Å². The van der Waals surface area contributed by atoms with E-state index >= 15 is 0 Å². The van der Waals surface area contributed by atoms with Crippen molar-refractivity contribution in [3.63, 3.8) is 0 Å². The molecule has 0 bridgehead atoms. The fourth-order valence-corrected chi connectivity index (χ4v) is 3.41. The van der Waals surface area contributed by atoms with Crippen LogP contribution in [0, 0.1) is 10.1 Å². The van der Waals surface area contributed by atoms with Crippen molar-refractivity contribution >= 4 is 45.6 Å². The maximum Gasteiger partial charge on any atom is 0.270 e. The summed E-state index contributed by atoms with van der Waals surface area (Å²) in [5, 5.41) is 17.0. The van der Waals surface area contributed by atoms with E-state index < -0.39 is 14.9 Å². The second kappa shape index (κ2) is 10.4. The Morgan fingerprint density at radius 3 is 2.62 bits per heavy atom. The molecular weight excluding hydrogens is 473 g/mol. The van der Waals surface area contributed by atoms with Crippen LogP contribution in [0.3, 0.4) is 0 Å². The van der Waals surface area contributed by atoms with Gasteiger partial charge in [0.25, 0.3) is 5.69 Å². The molecule has 0 saturated heterocycles. The van der Waals surface area contributed by atoms with Gasteiger partial charge in [-0.3, -0.25) is 15.1 Å². The Hall–Kier alpha value is -1.73. The maximum absolute atomic E-state index is 12.2. The number of nitrogens with zero attached hydrogens (tertiary/aromatic N) is 2. The van der Waals surface area contributed by atoms with Crippen LogP contribution >= 0.6 is 24.0 Å². The van der Waals surface area contributed by atoms with E-state index in [2.05, 4.69) is 32.5 Å². The molecule has 0 aliphatic heterocycles. The summed E-state index contributed by atoms with van der Waals surface area (Å²) >= 11 is 0. The molecule has 0 spiro atoms. The fourth-order valence-electron chi connectivity index (χ4n) is 2.34. The number of benzene rings is 1. The van der Waals surface area contributed by atoms with Gasteiger partial charge in [0.05, 0.1) is 9.82 Å². The maximum atomic E-state index is 12.2. The summed E-state index contributed by atoms with van der Waals surface area (Å²) in [4.78, 5) is 14.1. The Labute approximate surface area is 169 Å². The molecule has 1 aliphatic carbocycles. The number of hydrogen-bond donors (Lipinski definition) is 3. The SMILES string of the molecule is CN=C(NCCNS(=O)(=O)c1cccc([N+](=O)[O-])c1)NC1CC=CC1.I. The van der Waals surface area contributed by atoms with Crippen LogP contribution in [0.15, 0.2) is 46.3 Å². The first kappa shape index (κ1) is 22.3. The molecule has 2 rings (SSSR count). The highest BCUT2D eigenvalue weighted by molar-refractivity contribution is 14.0. The van der Waals surface area contributed by atoms with Crippen molar-refractivity contribution in [3.8, 4) is 0 Å². The number of nitrogens with one attached hydrogen (secondary N) is 3. The molecule has 3 N–H and O–H groups in total. The zero-order valence-electron chi connectivity index (χ0n) is 14.2. The first-order valence-electron chi connectivity index (χ1n) is 7.78. The highest BCUT2D eigenvalue weighted by atomic mass is 127. The van der Waals surface area contributed by atoms with Crippen molar-refractivity contribution in [1.82, 2.24) is 15.4 Å². The molecule has 0 unspecified atom stereocenters. The summed E-state index contributed by atoms with van der Waals surface area (Å²) < 4.78 is 26.8. The number of halogens is 1. The number of sulfonamides is 1. The number of non-ortho nitro benzene ring substituents is 1. The van der Waals surface area contributed by atoms with Gasteiger partial charge in [-0.05, 0) is 18.9 Å². The zero-order valence-corrected chi connectivity index (χ0v) is 17.4. The molecule has 0 heterocycles. The minimum atomic E-state index is -3.81. The minimum Gasteiger partial charge on any atom is -0.355 e. The Morgan fingerprint density at radius 2 is 2.00 bits per heavy atom. The lowest BCUT2D eigenvalue weighted by Gasteiger charge is -2.17. The minimum absolute atomic E-state index is 0. The topological polar surface area (TPSA) is 126 Å². The summed E-state index contributed by atoms with van der Waals surface area (Å²) in [6.45, 7) is 0.447. The lowest BCUT2D eigenvalue weighted by Crippen LogP contribution is -2.45. The quantitative estimate of drug-likeness (QED) is 0.0999. The lowest BCUT2D eigenvalue weighted by atomic mass is 10.2. The molecule has 0 fully saturated rings. The van der Waals surface area contributed by atoms with Crippen molar-refractivity contribution in [3.05, 3.63) is 46.5 Å². The lowest BCUT2D eigenvalue weighted by molar-refractivity contribution is -0.385. The smallest absolute Gasteiger partial charge is 0.270 e. The summed E-state index contributed by atoms with van der Waals surface area (Å²) in [6.07, 6.45) is 6.05. The molecule has 0 amide bonds. The van der Waals surface area contributed by atoms with Crippen LogP contribution in [-0.2, 0) is 10.0 Å². The van der Waals surface area contributed by atoms with Crippen molar-refractivity contribution in [2.24, 2.45) is 4.99 Å². The Morgan fingerprint density at radius 1 is 1.31 bits per heavy atom. The van der Waals surface area contributed by atoms with Gasteiger partial charge in [0.15, 0.2) is 5.96 Å². The van der Waals surface area contributed by atoms with Gasteiger partial charge in [-0.25, -0.2) is 13.1 Å². The number of nitro benzene ring substituents is 1. The normalized spacial score (nSPS) is 14.7. The third kappa shape index (κ3) is 6.53. The predicted octanol–water partition coefficient (Wildman–Crippen LogP) is 1.37. The van der Waals surface area contributed by atoms with Crippen molar-refractivity contribution in [1.29, 1.82) is 0 Å². The van der Waals surface area contributed by atoms with Crippen LogP contribution in [0.25, 0.3) is 0 Å². The van der Waals surface area contributed by atoms with Crippen LogP contribution in [0.5, 0.6) is 0 Å². The van der Waals surface area contributed by atoms with E-state index in [-0.39, 0.29) is 41.1 Å². The summed E-state index contributed by atoms with van der Waals surface area (Å²) in [6, 6.07) is 5.23. The van der Waals surface area contributed by atoms with E-state index in [1.165, 1.54) is 18.2 Å². The third-order valence-corrected chi connectivity index (χ3v) is 5.08. The Bertz CT molecular complexity index is 774. The van der Waals surface area contributed by atoms with Gasteiger partial charge in [0.1, 0.15) is 0 Å². The number of guanidine groups is 1. The van der Waals surface area contributed by atoms with Gasteiger partial charge in [-0.15, -0.1) is 24.0 Å². The van der Waals surface area contributed by atoms with E-state index in [1.807, 2.05) is 0 Å². The largest absolute Gasteiger partial charge is 0.355 e. The van der Waals surface area contributed by atoms with Gasteiger partial charge in [0, 0.05) is 38.3 Å². The Kier molecular flexibility index (Phi) is 8.95. The first-order valence-corrected chi connectivity index (χ1v) is 9.27. The molecule has 1 aromatic carbocycles.